The molecule has 0 bridgehead atoms. The van der Waals surface area contributed by atoms with Crippen LogP contribution < -0.4 is 10.6 Å². The largest absolute Gasteiger partial charge is 0.433 e. The highest BCUT2D eigenvalue weighted by Crippen LogP contribution is 2.27. The molecule has 116 valence electrons. The van der Waals surface area contributed by atoms with Crippen molar-refractivity contribution < 1.29 is 27.5 Å². The zero-order chi connectivity index (χ0) is 15.9. The molecule has 0 radical (unpaired) electrons. The Bertz CT molecular complexity index is 489. The van der Waals surface area contributed by atoms with E-state index in [0.717, 1.165) is 12.3 Å². The summed E-state index contributed by atoms with van der Waals surface area (Å²) < 4.78 is 41.6. The highest BCUT2D eigenvalue weighted by molar-refractivity contribution is 5.96. The molecule has 1 aromatic rings. The van der Waals surface area contributed by atoms with Gasteiger partial charge >= 0.3 is 6.18 Å². The molecule has 0 atom stereocenters. The van der Waals surface area contributed by atoms with Crippen LogP contribution in [0.2, 0.25) is 0 Å². The smallest absolute Gasteiger partial charge is 0.383 e. The van der Waals surface area contributed by atoms with Gasteiger partial charge in [-0.2, -0.15) is 13.2 Å². The molecule has 0 unspecified atom stereocenters. The molecule has 2 amide bonds. The van der Waals surface area contributed by atoms with Gasteiger partial charge in [0.25, 0.3) is 5.91 Å². The van der Waals surface area contributed by atoms with Crippen LogP contribution in [-0.2, 0) is 15.7 Å². The lowest BCUT2D eigenvalue weighted by Crippen LogP contribution is -2.38. The maximum Gasteiger partial charge on any atom is 0.433 e. The molecule has 0 aliphatic heterocycles. The van der Waals surface area contributed by atoms with Gasteiger partial charge in [-0.05, 0) is 12.1 Å². The van der Waals surface area contributed by atoms with Gasteiger partial charge in [0, 0.05) is 19.9 Å². The third-order valence-corrected chi connectivity index (χ3v) is 2.35. The number of halogens is 3. The third-order valence-electron chi connectivity index (χ3n) is 2.35. The summed E-state index contributed by atoms with van der Waals surface area (Å²) in [5.74, 6) is -1.11. The standard InChI is InChI=1S/C12H14F3N3O3/c1-21-5-4-16-10(19)7-18-11(20)8-2-3-9(17-6-8)12(13,14)15/h2-3,6H,4-5,7H2,1H3,(H,16,19)(H,18,20). The number of nitrogens with one attached hydrogen (secondary N) is 2. The molecule has 0 fully saturated rings. The number of aromatic nitrogens is 1. The van der Waals surface area contributed by atoms with Gasteiger partial charge in [0.05, 0.1) is 18.7 Å². The van der Waals surface area contributed by atoms with Gasteiger partial charge in [-0.25, -0.2) is 0 Å². The van der Waals surface area contributed by atoms with Crippen LogP contribution in [0.15, 0.2) is 18.3 Å². The van der Waals surface area contributed by atoms with Gasteiger partial charge < -0.3 is 15.4 Å². The molecule has 6 nitrogen and oxygen atoms in total. The molecule has 1 rings (SSSR count). The molecular formula is C12H14F3N3O3. The number of nitrogens with zero attached hydrogens (tertiary/aromatic N) is 1. The van der Waals surface area contributed by atoms with Gasteiger partial charge in [-0.1, -0.05) is 0 Å². The molecule has 2 N–H and O–H groups in total. The first-order valence-corrected chi connectivity index (χ1v) is 5.91. The van der Waals surface area contributed by atoms with Crippen LogP contribution in [-0.4, -0.2) is 43.6 Å². The second-order valence-corrected chi connectivity index (χ2v) is 3.96. The van der Waals surface area contributed by atoms with Crippen LogP contribution >= 0.6 is 0 Å². The predicted octanol–water partition coefficient (Wildman–Crippen LogP) is 0.593. The summed E-state index contributed by atoms with van der Waals surface area (Å²) in [6, 6.07) is 1.70. The van der Waals surface area contributed by atoms with Crippen molar-refractivity contribution in [1.82, 2.24) is 15.6 Å². The second kappa shape index (κ2) is 7.58. The van der Waals surface area contributed by atoms with Crippen LogP contribution in [0.5, 0.6) is 0 Å². The van der Waals surface area contributed by atoms with Crippen molar-refractivity contribution in [1.29, 1.82) is 0 Å². The van der Waals surface area contributed by atoms with Crippen molar-refractivity contribution >= 4 is 11.8 Å². The number of hydrogen-bond acceptors (Lipinski definition) is 4. The normalized spacial score (nSPS) is 11.0. The summed E-state index contributed by atoms with van der Waals surface area (Å²) in [5, 5.41) is 4.75. The van der Waals surface area contributed by atoms with E-state index in [2.05, 4.69) is 15.6 Å². The minimum atomic E-state index is -4.56. The van der Waals surface area contributed by atoms with E-state index in [1.807, 2.05) is 0 Å². The molecule has 0 aliphatic carbocycles. The molecule has 9 heteroatoms. The Morgan fingerprint density at radius 2 is 2.00 bits per heavy atom. The number of methoxy groups -OCH3 is 1. The number of amides is 2. The highest BCUT2D eigenvalue weighted by atomic mass is 19.4. The average Bonchev–Trinajstić information content (AvgIpc) is 2.44. The van der Waals surface area contributed by atoms with Gasteiger partial charge in [0.15, 0.2) is 0 Å². The summed E-state index contributed by atoms with van der Waals surface area (Å²) in [4.78, 5) is 26.1. The second-order valence-electron chi connectivity index (χ2n) is 3.96. The molecule has 0 aliphatic rings. The van der Waals surface area contributed by atoms with Crippen LogP contribution in [0.25, 0.3) is 0 Å². The third kappa shape index (κ3) is 5.78. The molecule has 0 saturated carbocycles. The first-order valence-electron chi connectivity index (χ1n) is 5.91. The van der Waals surface area contributed by atoms with E-state index < -0.39 is 23.7 Å². The first kappa shape index (κ1) is 16.9. The number of ether oxygens (including phenoxy) is 1. The quantitative estimate of drug-likeness (QED) is 0.754. The maximum absolute atomic E-state index is 12.3. The van der Waals surface area contributed by atoms with Gasteiger partial charge in [0.2, 0.25) is 5.91 Å². The Morgan fingerprint density at radius 1 is 1.29 bits per heavy atom. The van der Waals surface area contributed by atoms with E-state index in [4.69, 9.17) is 4.74 Å². The zero-order valence-corrected chi connectivity index (χ0v) is 11.2. The highest BCUT2D eigenvalue weighted by Gasteiger charge is 2.32. The molecular weight excluding hydrogens is 291 g/mol. The van der Waals surface area contributed by atoms with Gasteiger partial charge in [0.1, 0.15) is 5.69 Å². The Morgan fingerprint density at radius 3 is 2.52 bits per heavy atom. The molecule has 21 heavy (non-hydrogen) atoms. The van der Waals surface area contributed by atoms with Crippen molar-refractivity contribution in [3.05, 3.63) is 29.6 Å². The van der Waals surface area contributed by atoms with Crippen LogP contribution in [0, 0.1) is 0 Å². The van der Waals surface area contributed by atoms with Crippen LogP contribution in [0.3, 0.4) is 0 Å². The molecule has 1 heterocycles. The SMILES string of the molecule is COCCNC(=O)CNC(=O)c1ccc(C(F)(F)F)nc1. The summed E-state index contributed by atoms with van der Waals surface area (Å²) in [7, 11) is 1.48. The average molecular weight is 305 g/mol. The van der Waals surface area contributed by atoms with E-state index in [1.165, 1.54) is 7.11 Å². The van der Waals surface area contributed by atoms with Crippen molar-refractivity contribution in [3.63, 3.8) is 0 Å². The number of carbonyl (C=O) groups is 2. The lowest BCUT2D eigenvalue weighted by Gasteiger charge is -2.08. The fraction of sp³-hybridized carbons (Fsp3) is 0.417. The van der Waals surface area contributed by atoms with E-state index in [-0.39, 0.29) is 12.1 Å². The topological polar surface area (TPSA) is 80.3 Å². The Labute approximate surface area is 118 Å². The fourth-order valence-electron chi connectivity index (χ4n) is 1.31. The summed E-state index contributed by atoms with van der Waals surface area (Å²) >= 11 is 0. The molecule has 0 saturated heterocycles. The molecule has 1 aromatic heterocycles. The van der Waals surface area contributed by atoms with Crippen LogP contribution in [0.4, 0.5) is 13.2 Å². The molecule has 0 spiro atoms. The predicted molar refractivity (Wildman–Crippen MR) is 66.5 cm³/mol. The van der Waals surface area contributed by atoms with Gasteiger partial charge in [-0.15, -0.1) is 0 Å². The molecule has 0 aromatic carbocycles. The minimum absolute atomic E-state index is 0.0623. The monoisotopic (exact) mass is 305 g/mol. The summed E-state index contributed by atoms with van der Waals surface area (Å²) in [5.41, 5.74) is -1.15. The van der Waals surface area contributed by atoms with Crippen molar-refractivity contribution in [2.75, 3.05) is 26.8 Å². The van der Waals surface area contributed by atoms with Gasteiger partial charge in [-0.3, -0.25) is 14.6 Å². The number of rotatable bonds is 6. The number of hydrogen-bond donors (Lipinski definition) is 2. The fourth-order valence-corrected chi connectivity index (χ4v) is 1.31. The number of carbonyl (C=O) groups excluding carboxylic acids is 2. The van der Waals surface area contributed by atoms with E-state index >= 15 is 0 Å². The van der Waals surface area contributed by atoms with Crippen molar-refractivity contribution in [2.24, 2.45) is 0 Å². The van der Waals surface area contributed by atoms with E-state index in [9.17, 15) is 22.8 Å². The Balaban J connectivity index is 2.47. The van der Waals surface area contributed by atoms with Crippen LogP contribution in [0.1, 0.15) is 16.1 Å². The van der Waals surface area contributed by atoms with Crippen molar-refractivity contribution in [3.8, 4) is 0 Å². The minimum Gasteiger partial charge on any atom is -0.383 e. The Kier molecular flexibility index (Phi) is 6.10. The lowest BCUT2D eigenvalue weighted by atomic mass is 10.2. The van der Waals surface area contributed by atoms with E-state index in [1.54, 1.807) is 0 Å². The van der Waals surface area contributed by atoms with Crippen molar-refractivity contribution in [2.45, 2.75) is 6.18 Å². The number of alkyl halides is 3. The zero-order valence-electron chi connectivity index (χ0n) is 11.2. The number of pyridine rings is 1. The lowest BCUT2D eigenvalue weighted by molar-refractivity contribution is -0.141. The summed E-state index contributed by atoms with van der Waals surface area (Å²) in [6.45, 7) is 0.346. The van der Waals surface area contributed by atoms with E-state index in [0.29, 0.717) is 19.2 Å². The Hall–Kier alpha value is -2.16. The maximum atomic E-state index is 12.3. The first-order chi connectivity index (χ1) is 9.84. The summed E-state index contributed by atoms with van der Waals surface area (Å²) in [6.07, 6.45) is -3.75.